The van der Waals surface area contributed by atoms with Crippen LogP contribution >= 0.6 is 11.6 Å². The van der Waals surface area contributed by atoms with Gasteiger partial charge in [-0.25, -0.2) is 0 Å². The second-order valence-corrected chi connectivity index (χ2v) is 6.25. The fourth-order valence-electron chi connectivity index (χ4n) is 2.22. The topological polar surface area (TPSA) is 77.2 Å². The summed E-state index contributed by atoms with van der Waals surface area (Å²) in [6, 6.07) is 14.6. The number of halogens is 1. The number of aryl methyl sites for hydroxylation is 1. The summed E-state index contributed by atoms with van der Waals surface area (Å²) in [7, 11) is 0. The van der Waals surface area contributed by atoms with E-state index in [-0.39, 0.29) is 12.5 Å². The summed E-state index contributed by atoms with van der Waals surface area (Å²) >= 11 is 5.86. The molecule has 1 unspecified atom stereocenters. The fraction of sp³-hybridized carbons (Fsp3) is 0.211. The zero-order valence-corrected chi connectivity index (χ0v) is 15.2. The van der Waals surface area contributed by atoms with Gasteiger partial charge in [0.2, 0.25) is 11.7 Å². The van der Waals surface area contributed by atoms with Crippen LogP contribution in [0.15, 0.2) is 53.1 Å². The van der Waals surface area contributed by atoms with Crippen molar-refractivity contribution >= 4 is 17.5 Å². The standard InChI is InChI=1S/C19H18ClN3O3/c1-12-3-9-16(10-4-12)25-13(2)19(24)21-11-17-22-18(23-26-17)14-5-7-15(20)8-6-14/h3-10,13H,11H2,1-2H3,(H,21,24). The van der Waals surface area contributed by atoms with Gasteiger partial charge in [0.25, 0.3) is 5.91 Å². The average Bonchev–Trinajstić information content (AvgIpc) is 3.11. The van der Waals surface area contributed by atoms with Gasteiger partial charge in [0.05, 0.1) is 6.54 Å². The van der Waals surface area contributed by atoms with Crippen LogP contribution in [0, 0.1) is 6.92 Å². The molecule has 0 aliphatic carbocycles. The highest BCUT2D eigenvalue weighted by molar-refractivity contribution is 6.30. The third kappa shape index (κ3) is 4.61. The number of ether oxygens (including phenoxy) is 1. The highest BCUT2D eigenvalue weighted by atomic mass is 35.5. The van der Waals surface area contributed by atoms with E-state index in [0.717, 1.165) is 11.1 Å². The molecule has 26 heavy (non-hydrogen) atoms. The number of nitrogens with one attached hydrogen (secondary N) is 1. The Labute approximate surface area is 156 Å². The molecule has 0 aliphatic heterocycles. The van der Waals surface area contributed by atoms with Gasteiger partial charge in [0.15, 0.2) is 6.10 Å². The molecule has 3 rings (SSSR count). The van der Waals surface area contributed by atoms with Crippen molar-refractivity contribution in [3.05, 3.63) is 65.0 Å². The van der Waals surface area contributed by atoms with Crippen molar-refractivity contribution in [3.63, 3.8) is 0 Å². The first-order valence-corrected chi connectivity index (χ1v) is 8.48. The quantitative estimate of drug-likeness (QED) is 0.713. The Balaban J connectivity index is 1.54. The largest absolute Gasteiger partial charge is 0.481 e. The zero-order valence-electron chi connectivity index (χ0n) is 14.4. The maximum Gasteiger partial charge on any atom is 0.261 e. The van der Waals surface area contributed by atoms with Crippen molar-refractivity contribution < 1.29 is 14.1 Å². The van der Waals surface area contributed by atoms with Crippen molar-refractivity contribution in [1.82, 2.24) is 15.5 Å². The number of amides is 1. The summed E-state index contributed by atoms with van der Waals surface area (Å²) in [6.45, 7) is 3.80. The van der Waals surface area contributed by atoms with Crippen molar-refractivity contribution in [2.75, 3.05) is 0 Å². The van der Waals surface area contributed by atoms with Gasteiger partial charge in [-0.05, 0) is 50.2 Å². The van der Waals surface area contributed by atoms with Gasteiger partial charge < -0.3 is 14.6 Å². The highest BCUT2D eigenvalue weighted by Crippen LogP contribution is 2.18. The van der Waals surface area contributed by atoms with Crippen LogP contribution in [0.5, 0.6) is 5.75 Å². The lowest BCUT2D eigenvalue weighted by Crippen LogP contribution is -2.35. The second kappa shape index (κ2) is 8.01. The molecule has 6 nitrogen and oxygen atoms in total. The summed E-state index contributed by atoms with van der Waals surface area (Å²) in [5.41, 5.74) is 1.91. The number of nitrogens with zero attached hydrogens (tertiary/aromatic N) is 2. The van der Waals surface area contributed by atoms with E-state index < -0.39 is 6.10 Å². The summed E-state index contributed by atoms with van der Waals surface area (Å²) in [5.74, 6) is 1.12. The van der Waals surface area contributed by atoms with Gasteiger partial charge in [-0.2, -0.15) is 4.98 Å². The van der Waals surface area contributed by atoms with Gasteiger partial charge >= 0.3 is 0 Å². The molecule has 1 N–H and O–H groups in total. The van der Waals surface area contributed by atoms with E-state index in [4.69, 9.17) is 20.9 Å². The smallest absolute Gasteiger partial charge is 0.261 e. The molecule has 1 amide bonds. The third-order valence-electron chi connectivity index (χ3n) is 3.69. The number of carbonyl (C=O) groups is 1. The summed E-state index contributed by atoms with van der Waals surface area (Å²) in [4.78, 5) is 16.4. The molecule has 0 radical (unpaired) electrons. The van der Waals surface area contributed by atoms with E-state index in [1.165, 1.54) is 0 Å². The minimum Gasteiger partial charge on any atom is -0.481 e. The molecule has 134 valence electrons. The fourth-order valence-corrected chi connectivity index (χ4v) is 2.35. The number of hydrogen-bond donors (Lipinski definition) is 1. The average molecular weight is 372 g/mol. The monoisotopic (exact) mass is 371 g/mol. The van der Waals surface area contributed by atoms with E-state index in [1.807, 2.05) is 31.2 Å². The van der Waals surface area contributed by atoms with Crippen LogP contribution in [0.2, 0.25) is 5.02 Å². The second-order valence-electron chi connectivity index (χ2n) is 5.81. The minimum absolute atomic E-state index is 0.126. The predicted molar refractivity (Wildman–Crippen MR) is 97.9 cm³/mol. The molecular weight excluding hydrogens is 354 g/mol. The first-order valence-electron chi connectivity index (χ1n) is 8.11. The minimum atomic E-state index is -0.642. The van der Waals surface area contributed by atoms with Gasteiger partial charge in [-0.15, -0.1) is 0 Å². The van der Waals surface area contributed by atoms with Crippen LogP contribution in [0.3, 0.4) is 0 Å². The normalized spacial score (nSPS) is 11.8. The van der Waals surface area contributed by atoms with Crippen molar-refractivity contribution in [2.45, 2.75) is 26.5 Å². The molecule has 1 heterocycles. The molecule has 1 atom stereocenters. The Bertz CT molecular complexity index is 876. The van der Waals surface area contributed by atoms with Gasteiger partial charge in [0.1, 0.15) is 5.75 Å². The molecule has 0 saturated heterocycles. The van der Waals surface area contributed by atoms with Crippen LogP contribution < -0.4 is 10.1 Å². The number of carbonyl (C=O) groups excluding carboxylic acids is 1. The van der Waals surface area contributed by atoms with Crippen molar-refractivity contribution in [2.24, 2.45) is 0 Å². The van der Waals surface area contributed by atoms with Crippen LogP contribution in [-0.2, 0) is 11.3 Å². The number of benzene rings is 2. The van der Waals surface area contributed by atoms with Gasteiger partial charge in [0, 0.05) is 10.6 Å². The molecule has 0 saturated carbocycles. The first kappa shape index (κ1) is 17.9. The first-order chi connectivity index (χ1) is 12.5. The van der Waals surface area contributed by atoms with Crippen LogP contribution in [0.1, 0.15) is 18.4 Å². The molecule has 0 spiro atoms. The van der Waals surface area contributed by atoms with E-state index in [0.29, 0.717) is 22.5 Å². The Kier molecular flexibility index (Phi) is 5.53. The zero-order chi connectivity index (χ0) is 18.5. The Morgan fingerprint density at radius 2 is 1.88 bits per heavy atom. The molecule has 2 aromatic carbocycles. The van der Waals surface area contributed by atoms with Crippen molar-refractivity contribution in [1.29, 1.82) is 0 Å². The molecule has 0 aliphatic rings. The Morgan fingerprint density at radius 1 is 1.19 bits per heavy atom. The van der Waals surface area contributed by atoms with Gasteiger partial charge in [-0.3, -0.25) is 4.79 Å². The maximum absolute atomic E-state index is 12.2. The molecule has 7 heteroatoms. The Morgan fingerprint density at radius 3 is 2.58 bits per heavy atom. The van der Waals surface area contributed by atoms with E-state index in [1.54, 1.807) is 31.2 Å². The van der Waals surface area contributed by atoms with E-state index in [9.17, 15) is 4.79 Å². The lowest BCUT2D eigenvalue weighted by atomic mass is 10.2. The molecule has 1 aromatic heterocycles. The molecule has 0 fully saturated rings. The molecule has 3 aromatic rings. The molecular formula is C19H18ClN3O3. The number of aromatic nitrogens is 2. The Hall–Kier alpha value is -2.86. The van der Waals surface area contributed by atoms with Crippen LogP contribution in [0.4, 0.5) is 0 Å². The predicted octanol–water partition coefficient (Wildman–Crippen LogP) is 3.78. The lowest BCUT2D eigenvalue weighted by molar-refractivity contribution is -0.127. The number of rotatable bonds is 6. The lowest BCUT2D eigenvalue weighted by Gasteiger charge is -2.14. The summed E-state index contributed by atoms with van der Waals surface area (Å²) < 4.78 is 10.8. The molecule has 0 bridgehead atoms. The van der Waals surface area contributed by atoms with E-state index in [2.05, 4.69) is 15.5 Å². The van der Waals surface area contributed by atoms with E-state index >= 15 is 0 Å². The number of hydrogen-bond acceptors (Lipinski definition) is 5. The summed E-state index contributed by atoms with van der Waals surface area (Å²) in [6.07, 6.45) is -0.642. The van der Waals surface area contributed by atoms with Gasteiger partial charge in [-0.1, -0.05) is 34.5 Å². The van der Waals surface area contributed by atoms with Crippen molar-refractivity contribution in [3.8, 4) is 17.1 Å². The third-order valence-corrected chi connectivity index (χ3v) is 3.94. The SMILES string of the molecule is Cc1ccc(OC(C)C(=O)NCc2nc(-c3ccc(Cl)cc3)no2)cc1. The highest BCUT2D eigenvalue weighted by Gasteiger charge is 2.16. The summed E-state index contributed by atoms with van der Waals surface area (Å²) in [5, 5.41) is 7.26. The van der Waals surface area contributed by atoms with Crippen LogP contribution in [-0.4, -0.2) is 22.2 Å². The van der Waals surface area contributed by atoms with Crippen LogP contribution in [0.25, 0.3) is 11.4 Å². The maximum atomic E-state index is 12.2.